The monoisotopic (exact) mass is 477 g/mol. The van der Waals surface area contributed by atoms with Crippen LogP contribution in [-0.2, 0) is 4.79 Å². The molecule has 0 unspecified atom stereocenters. The first-order valence-corrected chi connectivity index (χ1v) is 12.0. The van der Waals surface area contributed by atoms with Crippen molar-refractivity contribution in [1.29, 1.82) is 0 Å². The summed E-state index contributed by atoms with van der Waals surface area (Å²) in [5.74, 6) is 0.883. The van der Waals surface area contributed by atoms with E-state index in [1.54, 1.807) is 36.0 Å². The summed E-state index contributed by atoms with van der Waals surface area (Å²) >= 11 is 1.28. The van der Waals surface area contributed by atoms with E-state index in [1.165, 1.54) is 21.9 Å². The van der Waals surface area contributed by atoms with Crippen molar-refractivity contribution in [3.05, 3.63) is 76.8 Å². The van der Waals surface area contributed by atoms with E-state index in [4.69, 9.17) is 4.74 Å². The number of nitrogens with zero attached hydrogens (tertiary/aromatic N) is 4. The third kappa shape index (κ3) is 4.70. The third-order valence-corrected chi connectivity index (χ3v) is 6.86. The van der Waals surface area contributed by atoms with Crippen LogP contribution in [0.4, 0.5) is 5.69 Å². The minimum absolute atomic E-state index is 0.121. The average molecular weight is 478 g/mol. The van der Waals surface area contributed by atoms with E-state index in [-0.39, 0.29) is 17.1 Å². The lowest BCUT2D eigenvalue weighted by atomic mass is 10.0. The normalized spacial score (nSPS) is 12.1. The van der Waals surface area contributed by atoms with E-state index in [0.717, 1.165) is 5.69 Å². The molecule has 0 aliphatic heterocycles. The fourth-order valence-corrected chi connectivity index (χ4v) is 4.52. The summed E-state index contributed by atoms with van der Waals surface area (Å²) < 4.78 is 8.47. The van der Waals surface area contributed by atoms with Crippen LogP contribution in [0.15, 0.2) is 70.9 Å². The molecule has 1 amide bonds. The van der Waals surface area contributed by atoms with Crippen molar-refractivity contribution in [3.63, 3.8) is 0 Å². The predicted octanol–water partition coefficient (Wildman–Crippen LogP) is 4.52. The first kappa shape index (κ1) is 23.6. The number of carbonyl (C=O) groups is 1. The van der Waals surface area contributed by atoms with Gasteiger partial charge in [-0.2, -0.15) is 0 Å². The van der Waals surface area contributed by atoms with Gasteiger partial charge in [0.25, 0.3) is 0 Å². The van der Waals surface area contributed by atoms with Gasteiger partial charge < -0.3 is 10.1 Å². The number of carbonyl (C=O) groups excluding carboxylic acids is 1. The zero-order chi connectivity index (χ0) is 24.2. The molecule has 4 aromatic rings. The Kier molecular flexibility index (Phi) is 7.02. The Morgan fingerprint density at radius 1 is 1.09 bits per heavy atom. The number of para-hydroxylation sites is 2. The van der Waals surface area contributed by atoms with Crippen molar-refractivity contribution in [2.24, 2.45) is 0 Å². The number of methoxy groups -OCH3 is 1. The maximum atomic E-state index is 13.1. The third-order valence-electron chi connectivity index (χ3n) is 5.54. The number of benzene rings is 2. The van der Waals surface area contributed by atoms with Crippen LogP contribution in [0.3, 0.4) is 0 Å². The van der Waals surface area contributed by atoms with E-state index in [9.17, 15) is 9.59 Å². The summed E-state index contributed by atoms with van der Waals surface area (Å²) in [6, 6.07) is 15.1. The maximum Gasteiger partial charge on any atom is 0.300 e. The van der Waals surface area contributed by atoms with Gasteiger partial charge in [0.15, 0.2) is 5.16 Å². The molecule has 0 radical (unpaired) electrons. The number of rotatable bonds is 8. The van der Waals surface area contributed by atoms with Gasteiger partial charge in [-0.25, -0.2) is 0 Å². The first-order valence-electron chi connectivity index (χ1n) is 11.1. The van der Waals surface area contributed by atoms with Crippen LogP contribution >= 0.6 is 11.8 Å². The Morgan fingerprint density at radius 3 is 2.50 bits per heavy atom. The molecule has 1 N–H and O–H groups in total. The minimum atomic E-state index is -0.395. The number of nitrogens with one attached hydrogen (secondary N) is 1. The van der Waals surface area contributed by atoms with Gasteiger partial charge in [0.2, 0.25) is 11.6 Å². The van der Waals surface area contributed by atoms with Gasteiger partial charge in [-0.1, -0.05) is 56.8 Å². The van der Waals surface area contributed by atoms with Crippen LogP contribution in [0.5, 0.6) is 5.75 Å². The van der Waals surface area contributed by atoms with Crippen LogP contribution in [-0.4, -0.2) is 37.4 Å². The van der Waals surface area contributed by atoms with Crippen molar-refractivity contribution in [2.45, 2.75) is 43.5 Å². The molecule has 34 heavy (non-hydrogen) atoms. The summed E-state index contributed by atoms with van der Waals surface area (Å²) in [5, 5.41) is 11.4. The second-order valence-electron chi connectivity index (χ2n) is 8.10. The molecule has 9 heteroatoms. The molecule has 1 atom stereocenters. The van der Waals surface area contributed by atoms with Crippen molar-refractivity contribution in [3.8, 4) is 11.4 Å². The fraction of sp³-hybridized carbons (Fsp3) is 0.280. The van der Waals surface area contributed by atoms with Gasteiger partial charge in [-0.3, -0.25) is 18.6 Å². The zero-order valence-electron chi connectivity index (χ0n) is 19.6. The van der Waals surface area contributed by atoms with Gasteiger partial charge in [0, 0.05) is 18.1 Å². The number of thioether (sulfide) groups is 1. The number of anilines is 1. The van der Waals surface area contributed by atoms with Crippen LogP contribution in [0.2, 0.25) is 0 Å². The van der Waals surface area contributed by atoms with E-state index in [2.05, 4.69) is 29.4 Å². The number of aromatic nitrogens is 4. The van der Waals surface area contributed by atoms with Crippen molar-refractivity contribution in [1.82, 2.24) is 19.2 Å². The second-order valence-corrected chi connectivity index (χ2v) is 9.27. The Morgan fingerprint density at radius 2 is 1.82 bits per heavy atom. The second kappa shape index (κ2) is 10.1. The fourth-order valence-electron chi connectivity index (χ4n) is 3.59. The van der Waals surface area contributed by atoms with Gasteiger partial charge in [-0.15, -0.1) is 10.2 Å². The van der Waals surface area contributed by atoms with E-state index in [0.29, 0.717) is 28.9 Å². The van der Waals surface area contributed by atoms with Crippen molar-refractivity contribution < 1.29 is 9.53 Å². The molecule has 0 spiro atoms. The lowest BCUT2D eigenvalue weighted by Gasteiger charge is -2.14. The van der Waals surface area contributed by atoms with E-state index >= 15 is 0 Å². The molecule has 0 aliphatic carbocycles. The van der Waals surface area contributed by atoms with Gasteiger partial charge in [0.1, 0.15) is 5.75 Å². The summed E-state index contributed by atoms with van der Waals surface area (Å²) in [5.41, 5.74) is 2.43. The first-order chi connectivity index (χ1) is 16.4. The zero-order valence-corrected chi connectivity index (χ0v) is 20.4. The number of hydrogen-bond donors (Lipinski definition) is 1. The highest BCUT2D eigenvalue weighted by Crippen LogP contribution is 2.26. The highest BCUT2D eigenvalue weighted by Gasteiger charge is 2.22. The molecule has 0 bridgehead atoms. The number of ether oxygens (including phenoxy) is 1. The van der Waals surface area contributed by atoms with Crippen molar-refractivity contribution in [2.75, 3.05) is 12.4 Å². The molecule has 2 heterocycles. The highest BCUT2D eigenvalue weighted by atomic mass is 32.2. The Balaban J connectivity index is 1.56. The maximum absolute atomic E-state index is 13.1. The average Bonchev–Trinajstić information content (AvgIpc) is 3.26. The summed E-state index contributed by atoms with van der Waals surface area (Å²) in [4.78, 5) is 26.0. The molecule has 176 valence electrons. The molecule has 4 rings (SSSR count). The number of hydrogen-bond acceptors (Lipinski definition) is 6. The Labute approximate surface area is 202 Å². The molecule has 2 aromatic carbocycles. The predicted molar refractivity (Wildman–Crippen MR) is 134 cm³/mol. The topological polar surface area (TPSA) is 90.5 Å². The lowest BCUT2D eigenvalue weighted by molar-refractivity contribution is -0.115. The highest BCUT2D eigenvalue weighted by molar-refractivity contribution is 8.00. The minimum Gasteiger partial charge on any atom is -0.495 e. The van der Waals surface area contributed by atoms with Gasteiger partial charge in [-0.05, 0) is 42.2 Å². The molecular weight excluding hydrogens is 450 g/mol. The number of amides is 1. The Bertz CT molecular complexity index is 1360. The standard InChI is InChI=1S/C25H27N5O3S/c1-5-21(23(31)26-18-12-10-17(11-13-18)16(2)3)34-25-28-27-22-24(32)29(14-15-30(22)25)19-8-6-7-9-20(19)33-4/h6-16,21H,5H2,1-4H3,(H,26,31)/t21-/m0/s1. The van der Waals surface area contributed by atoms with Crippen LogP contribution < -0.4 is 15.6 Å². The van der Waals surface area contributed by atoms with Gasteiger partial charge in [0.05, 0.1) is 18.0 Å². The molecule has 0 saturated heterocycles. The molecule has 0 saturated carbocycles. The van der Waals surface area contributed by atoms with Crippen molar-refractivity contribution >= 4 is 29.0 Å². The lowest BCUT2D eigenvalue weighted by Crippen LogP contribution is -2.25. The molecular formula is C25H27N5O3S. The van der Waals surface area contributed by atoms with Crippen LogP contribution in [0, 0.1) is 0 Å². The van der Waals surface area contributed by atoms with E-state index < -0.39 is 5.25 Å². The Hall–Kier alpha value is -3.59. The van der Waals surface area contributed by atoms with Gasteiger partial charge >= 0.3 is 5.56 Å². The smallest absolute Gasteiger partial charge is 0.300 e. The quantitative estimate of drug-likeness (QED) is 0.375. The molecule has 2 aromatic heterocycles. The SMILES string of the molecule is CC[C@H](Sc1nnc2c(=O)n(-c3ccccc3OC)ccn12)C(=O)Nc1ccc(C(C)C)cc1. The van der Waals surface area contributed by atoms with Crippen LogP contribution in [0.1, 0.15) is 38.7 Å². The molecule has 0 fully saturated rings. The van der Waals surface area contributed by atoms with E-state index in [1.807, 2.05) is 43.3 Å². The summed E-state index contributed by atoms with van der Waals surface area (Å²) in [7, 11) is 1.56. The van der Waals surface area contributed by atoms with Crippen LogP contribution in [0.25, 0.3) is 11.3 Å². The largest absolute Gasteiger partial charge is 0.495 e. The number of fused-ring (bicyclic) bond motifs is 1. The molecule has 0 aliphatic rings. The summed E-state index contributed by atoms with van der Waals surface area (Å²) in [6.45, 7) is 6.20. The molecule has 8 nitrogen and oxygen atoms in total. The summed E-state index contributed by atoms with van der Waals surface area (Å²) in [6.07, 6.45) is 3.96.